The lowest BCUT2D eigenvalue weighted by molar-refractivity contribution is -0.143. The fraction of sp³-hybridized carbons (Fsp3) is 0.227. The van der Waals surface area contributed by atoms with Crippen LogP contribution >= 0.6 is 11.6 Å². The molecule has 0 aromatic heterocycles. The molecule has 1 aliphatic heterocycles. The molecule has 0 saturated heterocycles. The minimum Gasteiger partial charge on any atom is -0.497 e. The molecule has 8 nitrogen and oxygen atoms in total. The number of hydrogen-bond donors (Lipinski definition) is 0. The van der Waals surface area contributed by atoms with E-state index in [-0.39, 0.29) is 29.0 Å². The Morgan fingerprint density at radius 1 is 1.16 bits per heavy atom. The van der Waals surface area contributed by atoms with Crippen LogP contribution in [-0.4, -0.2) is 45.3 Å². The summed E-state index contributed by atoms with van der Waals surface area (Å²) in [6.45, 7) is 1.81. The molecule has 162 valence electrons. The number of ether oxygens (including phenoxy) is 5. The zero-order valence-corrected chi connectivity index (χ0v) is 17.9. The minimum atomic E-state index is -0.592. The highest BCUT2D eigenvalue weighted by atomic mass is 35.5. The number of methoxy groups -OCH3 is 2. The molecule has 1 heterocycles. The molecule has 0 atom stereocenters. The first-order chi connectivity index (χ1) is 14.9. The Bertz CT molecular complexity index is 1040. The Labute approximate surface area is 184 Å². The number of hydrogen-bond acceptors (Lipinski definition) is 8. The average Bonchev–Trinajstić information content (AvgIpc) is 3.13. The molecule has 0 spiro atoms. The van der Waals surface area contributed by atoms with Gasteiger partial charge in [-0.1, -0.05) is 11.6 Å². The first-order valence-corrected chi connectivity index (χ1v) is 9.66. The fourth-order valence-corrected chi connectivity index (χ4v) is 2.96. The summed E-state index contributed by atoms with van der Waals surface area (Å²) < 4.78 is 26.0. The highest BCUT2D eigenvalue weighted by molar-refractivity contribution is 6.32. The van der Waals surface area contributed by atoms with Crippen LogP contribution in [0.3, 0.4) is 0 Å². The lowest BCUT2D eigenvalue weighted by atomic mass is 10.1. The zero-order chi connectivity index (χ0) is 22.4. The van der Waals surface area contributed by atoms with Gasteiger partial charge in [0.05, 0.1) is 25.8 Å². The van der Waals surface area contributed by atoms with Gasteiger partial charge >= 0.3 is 11.9 Å². The molecule has 2 aromatic rings. The molecular weight excluding hydrogens is 426 g/mol. The summed E-state index contributed by atoms with van der Waals surface area (Å²) in [5.41, 5.74) is 1.29. The maximum atomic E-state index is 12.3. The molecule has 0 unspecified atom stereocenters. The topological polar surface area (TPSA) is 92.6 Å². The van der Waals surface area contributed by atoms with E-state index in [0.717, 1.165) is 0 Å². The van der Waals surface area contributed by atoms with Crippen molar-refractivity contribution in [2.24, 2.45) is 4.99 Å². The number of nitrogens with zero attached hydrogens (tertiary/aromatic N) is 1. The van der Waals surface area contributed by atoms with E-state index in [2.05, 4.69) is 9.73 Å². The van der Waals surface area contributed by atoms with Gasteiger partial charge in [-0.3, -0.25) is 0 Å². The monoisotopic (exact) mass is 445 g/mol. The third kappa shape index (κ3) is 5.35. The highest BCUT2D eigenvalue weighted by Gasteiger charge is 2.24. The van der Waals surface area contributed by atoms with Gasteiger partial charge in [-0.05, 0) is 55.0 Å². The maximum Gasteiger partial charge on any atom is 0.363 e. The molecule has 3 rings (SSSR count). The van der Waals surface area contributed by atoms with Crippen LogP contribution in [0.4, 0.5) is 0 Å². The number of benzene rings is 2. The van der Waals surface area contributed by atoms with Crippen molar-refractivity contribution in [2.45, 2.75) is 6.92 Å². The molecule has 0 N–H and O–H groups in total. The van der Waals surface area contributed by atoms with Gasteiger partial charge in [0.25, 0.3) is 0 Å². The largest absolute Gasteiger partial charge is 0.497 e. The first-order valence-electron chi connectivity index (χ1n) is 9.28. The van der Waals surface area contributed by atoms with Crippen molar-refractivity contribution in [3.05, 3.63) is 58.2 Å². The van der Waals surface area contributed by atoms with Crippen molar-refractivity contribution in [1.82, 2.24) is 0 Å². The molecule has 0 radical (unpaired) electrons. The lowest BCUT2D eigenvalue weighted by Crippen LogP contribution is -2.13. The van der Waals surface area contributed by atoms with Gasteiger partial charge in [0, 0.05) is 5.56 Å². The molecule has 1 aliphatic rings. The van der Waals surface area contributed by atoms with Crippen LogP contribution in [0.5, 0.6) is 17.2 Å². The van der Waals surface area contributed by atoms with Crippen LogP contribution in [0, 0.1) is 0 Å². The van der Waals surface area contributed by atoms with Crippen LogP contribution in [0.1, 0.15) is 18.1 Å². The second-order valence-electron chi connectivity index (χ2n) is 6.19. The quantitative estimate of drug-likeness (QED) is 0.452. The van der Waals surface area contributed by atoms with Crippen molar-refractivity contribution >= 4 is 35.5 Å². The van der Waals surface area contributed by atoms with Gasteiger partial charge in [0.2, 0.25) is 5.90 Å². The summed E-state index contributed by atoms with van der Waals surface area (Å²) in [4.78, 5) is 27.9. The van der Waals surface area contributed by atoms with Crippen LogP contribution in [-0.2, 0) is 19.1 Å². The number of halogens is 1. The van der Waals surface area contributed by atoms with E-state index in [1.165, 1.54) is 13.2 Å². The second kappa shape index (κ2) is 9.99. The van der Waals surface area contributed by atoms with Crippen molar-refractivity contribution in [3.8, 4) is 17.2 Å². The molecule has 0 amide bonds. The smallest absolute Gasteiger partial charge is 0.363 e. The number of aliphatic imine (C=N–C) groups is 1. The van der Waals surface area contributed by atoms with Gasteiger partial charge in [-0.25, -0.2) is 14.6 Å². The van der Waals surface area contributed by atoms with Gasteiger partial charge in [0.15, 0.2) is 23.8 Å². The average molecular weight is 446 g/mol. The first kappa shape index (κ1) is 22.2. The van der Waals surface area contributed by atoms with E-state index in [4.69, 9.17) is 30.5 Å². The molecule has 0 fully saturated rings. The van der Waals surface area contributed by atoms with E-state index >= 15 is 0 Å². The lowest BCUT2D eigenvalue weighted by Gasteiger charge is -2.13. The number of cyclic esters (lactones) is 1. The number of esters is 2. The Hall–Kier alpha value is -3.52. The van der Waals surface area contributed by atoms with Crippen LogP contribution < -0.4 is 14.2 Å². The second-order valence-corrected chi connectivity index (χ2v) is 6.60. The van der Waals surface area contributed by atoms with Crippen molar-refractivity contribution in [3.63, 3.8) is 0 Å². The zero-order valence-electron chi connectivity index (χ0n) is 17.1. The predicted octanol–water partition coefficient (Wildman–Crippen LogP) is 3.64. The molecule has 2 aromatic carbocycles. The number of rotatable bonds is 8. The fourth-order valence-electron chi connectivity index (χ4n) is 2.69. The molecule has 0 aliphatic carbocycles. The number of carbonyl (C=O) groups is 2. The molecule has 9 heteroatoms. The Morgan fingerprint density at radius 3 is 2.55 bits per heavy atom. The summed E-state index contributed by atoms with van der Waals surface area (Å²) in [5, 5.41) is 0.201. The third-order valence-corrected chi connectivity index (χ3v) is 4.44. The van der Waals surface area contributed by atoms with Gasteiger partial charge in [0.1, 0.15) is 5.75 Å². The molecule has 31 heavy (non-hydrogen) atoms. The molecular formula is C22H20ClNO7. The minimum absolute atomic E-state index is 0.104. The Kier molecular flexibility index (Phi) is 7.15. The summed E-state index contributed by atoms with van der Waals surface area (Å²) in [5.74, 6) is 0.235. The van der Waals surface area contributed by atoms with Crippen LogP contribution in [0.2, 0.25) is 5.02 Å². The van der Waals surface area contributed by atoms with E-state index < -0.39 is 11.9 Å². The van der Waals surface area contributed by atoms with Gasteiger partial charge < -0.3 is 23.7 Å². The van der Waals surface area contributed by atoms with Gasteiger partial charge in [-0.15, -0.1) is 0 Å². The summed E-state index contributed by atoms with van der Waals surface area (Å²) in [7, 11) is 2.82. The Balaban J connectivity index is 1.89. The number of carbonyl (C=O) groups excluding carboxylic acids is 2. The van der Waals surface area contributed by atoms with E-state index in [1.807, 2.05) is 0 Å². The van der Waals surface area contributed by atoms with Crippen LogP contribution in [0.15, 0.2) is 47.1 Å². The third-order valence-electron chi connectivity index (χ3n) is 4.15. The summed E-state index contributed by atoms with van der Waals surface area (Å²) in [6, 6.07) is 10.2. The standard InChI is InChI=1S/C22H20ClNO7/c1-4-29-18-11-13(9-16(23)20(18)30-12-19(25)28-3)10-17-22(26)31-21(24-17)14-5-7-15(27-2)8-6-14/h5-11H,4,12H2,1-3H3/b17-10-. The van der Waals surface area contributed by atoms with Crippen LogP contribution in [0.25, 0.3) is 6.08 Å². The summed E-state index contributed by atoms with van der Waals surface area (Å²) in [6.07, 6.45) is 1.53. The maximum absolute atomic E-state index is 12.3. The normalized spacial score (nSPS) is 14.1. The van der Waals surface area contributed by atoms with Crippen molar-refractivity contribution in [1.29, 1.82) is 0 Å². The van der Waals surface area contributed by atoms with Crippen molar-refractivity contribution in [2.75, 3.05) is 27.4 Å². The predicted molar refractivity (Wildman–Crippen MR) is 114 cm³/mol. The Morgan fingerprint density at radius 2 is 1.90 bits per heavy atom. The van der Waals surface area contributed by atoms with Crippen molar-refractivity contribution < 1.29 is 33.3 Å². The van der Waals surface area contributed by atoms with E-state index in [1.54, 1.807) is 50.4 Å². The molecule has 0 saturated carbocycles. The SMILES string of the molecule is CCOc1cc(/C=C2\N=C(c3ccc(OC)cc3)OC2=O)cc(Cl)c1OCC(=O)OC. The van der Waals surface area contributed by atoms with E-state index in [0.29, 0.717) is 29.2 Å². The van der Waals surface area contributed by atoms with Gasteiger partial charge in [-0.2, -0.15) is 0 Å². The molecule has 0 bridgehead atoms. The highest BCUT2D eigenvalue weighted by Crippen LogP contribution is 2.37. The van der Waals surface area contributed by atoms with E-state index in [9.17, 15) is 9.59 Å². The summed E-state index contributed by atoms with van der Waals surface area (Å²) >= 11 is 6.32.